The number of benzene rings is 1. The third-order valence-electron chi connectivity index (χ3n) is 3.30. The summed E-state index contributed by atoms with van der Waals surface area (Å²) in [6.45, 7) is 3.15. The van der Waals surface area contributed by atoms with Crippen LogP contribution in [-0.2, 0) is 16.1 Å². The molecule has 1 N–H and O–H groups in total. The first-order valence-corrected chi connectivity index (χ1v) is 7.14. The van der Waals surface area contributed by atoms with Gasteiger partial charge in [0.15, 0.2) is 6.10 Å². The van der Waals surface area contributed by atoms with Crippen LogP contribution in [0.1, 0.15) is 28.6 Å². The molecule has 0 radical (unpaired) electrons. The number of furan rings is 1. The van der Waals surface area contributed by atoms with E-state index < -0.39 is 22.9 Å². The highest BCUT2D eigenvalue weighted by Gasteiger charge is 2.20. The Kier molecular flexibility index (Phi) is 5.31. The van der Waals surface area contributed by atoms with Crippen LogP contribution in [0.3, 0.4) is 0 Å². The molecule has 0 spiro atoms. The van der Waals surface area contributed by atoms with Gasteiger partial charge in [-0.3, -0.25) is 14.9 Å². The van der Waals surface area contributed by atoms with Gasteiger partial charge >= 0.3 is 5.97 Å². The number of nitro benzene ring substituents is 1. The number of ether oxygens (including phenoxy) is 1. The highest BCUT2D eigenvalue weighted by molar-refractivity contribution is 5.92. The Morgan fingerprint density at radius 1 is 1.38 bits per heavy atom. The molecule has 1 amide bonds. The molecule has 0 aliphatic rings. The summed E-state index contributed by atoms with van der Waals surface area (Å²) in [6.07, 6.45) is 0.477. The van der Waals surface area contributed by atoms with Crippen LogP contribution < -0.4 is 5.32 Å². The van der Waals surface area contributed by atoms with Crippen molar-refractivity contribution in [3.8, 4) is 0 Å². The van der Waals surface area contributed by atoms with Gasteiger partial charge < -0.3 is 14.5 Å². The lowest BCUT2D eigenvalue weighted by molar-refractivity contribution is -0.385. The maximum absolute atomic E-state index is 12.0. The van der Waals surface area contributed by atoms with Gasteiger partial charge in [-0.2, -0.15) is 0 Å². The van der Waals surface area contributed by atoms with Crippen LogP contribution in [0, 0.1) is 17.0 Å². The van der Waals surface area contributed by atoms with Crippen molar-refractivity contribution in [1.82, 2.24) is 5.32 Å². The smallest absolute Gasteiger partial charge is 0.338 e. The van der Waals surface area contributed by atoms with Crippen molar-refractivity contribution in [2.24, 2.45) is 0 Å². The number of amides is 1. The lowest BCUT2D eigenvalue weighted by Gasteiger charge is -2.13. The second-order valence-corrected chi connectivity index (χ2v) is 5.10. The van der Waals surface area contributed by atoms with E-state index in [4.69, 9.17) is 9.15 Å². The van der Waals surface area contributed by atoms with E-state index in [1.807, 2.05) is 0 Å². The largest absolute Gasteiger partial charge is 0.467 e. The Morgan fingerprint density at radius 2 is 2.12 bits per heavy atom. The summed E-state index contributed by atoms with van der Waals surface area (Å²) in [6, 6.07) is 7.28. The molecule has 1 aromatic heterocycles. The van der Waals surface area contributed by atoms with Gasteiger partial charge in [0.25, 0.3) is 11.6 Å². The molecule has 8 nitrogen and oxygen atoms in total. The summed E-state index contributed by atoms with van der Waals surface area (Å²) in [5.41, 5.74) is 0.393. The van der Waals surface area contributed by atoms with E-state index in [2.05, 4.69) is 5.32 Å². The van der Waals surface area contributed by atoms with Crippen LogP contribution in [-0.4, -0.2) is 22.9 Å². The quantitative estimate of drug-likeness (QED) is 0.494. The SMILES string of the molecule is Cc1cc(C(=O)OC(C)C(=O)NCc2ccco2)ccc1[N+](=O)[O-]. The second kappa shape index (κ2) is 7.40. The number of esters is 1. The van der Waals surface area contributed by atoms with Crippen molar-refractivity contribution in [2.45, 2.75) is 26.5 Å². The zero-order valence-corrected chi connectivity index (χ0v) is 13.1. The Hall–Kier alpha value is -3.16. The van der Waals surface area contributed by atoms with Crippen molar-refractivity contribution in [2.75, 3.05) is 0 Å². The van der Waals surface area contributed by atoms with Crippen LogP contribution in [0.25, 0.3) is 0 Å². The molecule has 0 fully saturated rings. The number of hydrogen-bond acceptors (Lipinski definition) is 6. The number of carbonyl (C=O) groups is 2. The van der Waals surface area contributed by atoms with E-state index in [1.165, 1.54) is 38.3 Å². The summed E-state index contributed by atoms with van der Waals surface area (Å²) in [5.74, 6) is -0.625. The molecule has 2 rings (SSSR count). The Bertz CT molecular complexity index is 754. The molecule has 126 valence electrons. The van der Waals surface area contributed by atoms with Gasteiger partial charge in [0, 0.05) is 11.6 Å². The first-order valence-electron chi connectivity index (χ1n) is 7.14. The van der Waals surface area contributed by atoms with E-state index in [9.17, 15) is 19.7 Å². The number of rotatable bonds is 6. The molecule has 0 aliphatic carbocycles. The molecule has 1 aromatic carbocycles. The van der Waals surface area contributed by atoms with E-state index in [-0.39, 0.29) is 17.8 Å². The number of nitro groups is 1. The maximum Gasteiger partial charge on any atom is 0.338 e. The van der Waals surface area contributed by atoms with Gasteiger partial charge in [0.05, 0.1) is 23.3 Å². The number of hydrogen-bond donors (Lipinski definition) is 1. The van der Waals surface area contributed by atoms with Gasteiger partial charge in [0.2, 0.25) is 0 Å². The highest BCUT2D eigenvalue weighted by Crippen LogP contribution is 2.19. The standard InChI is InChI=1S/C16H16N2O6/c1-10-8-12(5-6-14(10)18(21)22)16(20)24-11(2)15(19)17-9-13-4-3-7-23-13/h3-8,11H,9H2,1-2H3,(H,17,19). The van der Waals surface area contributed by atoms with E-state index in [0.717, 1.165) is 0 Å². The van der Waals surface area contributed by atoms with E-state index >= 15 is 0 Å². The minimum atomic E-state index is -1.01. The predicted molar refractivity (Wildman–Crippen MR) is 83.3 cm³/mol. The monoisotopic (exact) mass is 332 g/mol. The summed E-state index contributed by atoms with van der Waals surface area (Å²) in [7, 11) is 0. The van der Waals surface area contributed by atoms with Crippen LogP contribution in [0.15, 0.2) is 41.0 Å². The molecular weight excluding hydrogens is 316 g/mol. The molecule has 24 heavy (non-hydrogen) atoms. The Labute approximate surface area is 137 Å². The topological polar surface area (TPSA) is 112 Å². The van der Waals surface area contributed by atoms with E-state index in [0.29, 0.717) is 11.3 Å². The number of nitrogens with zero attached hydrogens (tertiary/aromatic N) is 1. The van der Waals surface area contributed by atoms with Crippen LogP contribution in [0.2, 0.25) is 0 Å². The third kappa shape index (κ3) is 4.19. The molecule has 1 heterocycles. The highest BCUT2D eigenvalue weighted by atomic mass is 16.6. The molecular formula is C16H16N2O6. The number of carbonyl (C=O) groups excluding carboxylic acids is 2. The van der Waals surface area contributed by atoms with Crippen molar-refractivity contribution < 1.29 is 23.7 Å². The first kappa shape index (κ1) is 17.2. The maximum atomic E-state index is 12.0. The van der Waals surface area contributed by atoms with Gasteiger partial charge in [-0.1, -0.05) is 0 Å². The van der Waals surface area contributed by atoms with Gasteiger partial charge in [-0.05, 0) is 38.1 Å². The minimum Gasteiger partial charge on any atom is -0.467 e. The molecule has 0 bridgehead atoms. The zero-order chi connectivity index (χ0) is 17.7. The Balaban J connectivity index is 1.94. The average molecular weight is 332 g/mol. The first-order chi connectivity index (χ1) is 11.4. The average Bonchev–Trinajstić information content (AvgIpc) is 3.05. The number of nitrogens with one attached hydrogen (secondary N) is 1. The summed E-state index contributed by atoms with van der Waals surface area (Å²) < 4.78 is 10.2. The molecule has 0 saturated carbocycles. The van der Waals surface area contributed by atoms with Gasteiger partial charge in [-0.15, -0.1) is 0 Å². The summed E-state index contributed by atoms with van der Waals surface area (Å²) in [5, 5.41) is 13.3. The lowest BCUT2D eigenvalue weighted by Crippen LogP contribution is -2.35. The fourth-order valence-electron chi connectivity index (χ4n) is 2.00. The van der Waals surface area contributed by atoms with Crippen LogP contribution >= 0.6 is 0 Å². The minimum absolute atomic E-state index is 0.0872. The molecule has 1 unspecified atom stereocenters. The molecule has 0 saturated heterocycles. The Morgan fingerprint density at radius 3 is 2.71 bits per heavy atom. The summed E-state index contributed by atoms with van der Waals surface area (Å²) >= 11 is 0. The second-order valence-electron chi connectivity index (χ2n) is 5.10. The predicted octanol–water partition coefficient (Wildman–Crippen LogP) is 2.36. The molecule has 0 aliphatic heterocycles. The normalized spacial score (nSPS) is 11.6. The molecule has 2 aromatic rings. The molecule has 1 atom stereocenters. The van der Waals surface area contributed by atoms with Crippen molar-refractivity contribution in [3.63, 3.8) is 0 Å². The van der Waals surface area contributed by atoms with Gasteiger partial charge in [0.1, 0.15) is 5.76 Å². The number of aryl methyl sites for hydroxylation is 1. The van der Waals surface area contributed by atoms with Crippen molar-refractivity contribution in [1.29, 1.82) is 0 Å². The van der Waals surface area contributed by atoms with E-state index in [1.54, 1.807) is 12.1 Å². The van der Waals surface area contributed by atoms with Crippen molar-refractivity contribution in [3.05, 3.63) is 63.6 Å². The lowest BCUT2D eigenvalue weighted by atomic mass is 10.1. The van der Waals surface area contributed by atoms with Crippen LogP contribution in [0.5, 0.6) is 0 Å². The van der Waals surface area contributed by atoms with Crippen molar-refractivity contribution >= 4 is 17.6 Å². The zero-order valence-electron chi connectivity index (χ0n) is 13.1. The fraction of sp³-hybridized carbons (Fsp3) is 0.250. The summed E-state index contributed by atoms with van der Waals surface area (Å²) in [4.78, 5) is 34.2. The van der Waals surface area contributed by atoms with Gasteiger partial charge in [-0.25, -0.2) is 4.79 Å². The third-order valence-corrected chi connectivity index (χ3v) is 3.30. The fourth-order valence-corrected chi connectivity index (χ4v) is 2.00. The molecule has 8 heteroatoms. The van der Waals surface area contributed by atoms with Crippen LogP contribution in [0.4, 0.5) is 5.69 Å².